The summed E-state index contributed by atoms with van der Waals surface area (Å²) in [5.74, 6) is 0.311. The van der Waals surface area contributed by atoms with Crippen LogP contribution in [-0.4, -0.2) is 27.5 Å². The van der Waals surface area contributed by atoms with E-state index in [0.717, 1.165) is 24.1 Å². The first-order valence-corrected chi connectivity index (χ1v) is 9.28. The number of halogens is 4. The second kappa shape index (κ2) is 7.51. The lowest BCUT2D eigenvalue weighted by atomic mass is 10.1. The second-order valence-electron chi connectivity index (χ2n) is 6.69. The minimum Gasteiger partial charge on any atom is -0.337 e. The SMILES string of the molecule is O=C(c1ccc(C(F)(F)F)cc1)N1CCCC1c1nc(-c2ccc(Cl)cc2)no1. The summed E-state index contributed by atoms with van der Waals surface area (Å²) in [6.07, 6.45) is -3.08. The van der Waals surface area contributed by atoms with E-state index in [1.165, 1.54) is 12.1 Å². The molecule has 150 valence electrons. The number of amides is 1. The van der Waals surface area contributed by atoms with E-state index in [1.807, 2.05) is 0 Å². The quantitative estimate of drug-likeness (QED) is 0.569. The van der Waals surface area contributed by atoms with Crippen LogP contribution in [0.4, 0.5) is 13.2 Å². The van der Waals surface area contributed by atoms with E-state index in [0.29, 0.717) is 29.7 Å². The van der Waals surface area contributed by atoms with E-state index >= 15 is 0 Å². The molecule has 1 unspecified atom stereocenters. The van der Waals surface area contributed by atoms with Crippen molar-refractivity contribution in [1.29, 1.82) is 0 Å². The molecule has 4 rings (SSSR count). The van der Waals surface area contributed by atoms with Gasteiger partial charge >= 0.3 is 6.18 Å². The molecule has 29 heavy (non-hydrogen) atoms. The van der Waals surface area contributed by atoms with Gasteiger partial charge in [0.2, 0.25) is 11.7 Å². The zero-order valence-electron chi connectivity index (χ0n) is 15.0. The van der Waals surface area contributed by atoms with Crippen molar-refractivity contribution in [3.8, 4) is 11.4 Å². The van der Waals surface area contributed by atoms with Crippen molar-refractivity contribution in [2.75, 3.05) is 6.54 Å². The fraction of sp³-hybridized carbons (Fsp3) is 0.250. The number of aromatic nitrogens is 2. The molecular weight excluding hydrogens is 407 g/mol. The van der Waals surface area contributed by atoms with Gasteiger partial charge in [0, 0.05) is 22.7 Å². The standard InChI is InChI=1S/C20H15ClF3N3O2/c21-15-9-5-12(6-10-15)17-25-18(29-26-17)16-2-1-11-27(16)19(28)13-3-7-14(8-4-13)20(22,23)24/h3-10,16H,1-2,11H2. The fourth-order valence-corrected chi connectivity index (χ4v) is 3.45. The van der Waals surface area contributed by atoms with Crippen LogP contribution in [-0.2, 0) is 6.18 Å². The lowest BCUT2D eigenvalue weighted by molar-refractivity contribution is -0.137. The van der Waals surface area contributed by atoms with Crippen LogP contribution in [0, 0.1) is 0 Å². The van der Waals surface area contributed by atoms with Crippen LogP contribution in [0.5, 0.6) is 0 Å². The van der Waals surface area contributed by atoms with E-state index < -0.39 is 17.8 Å². The van der Waals surface area contributed by atoms with Crippen LogP contribution < -0.4 is 0 Å². The third kappa shape index (κ3) is 3.98. The Morgan fingerprint density at radius 3 is 2.45 bits per heavy atom. The molecule has 1 aliphatic rings. The van der Waals surface area contributed by atoms with Crippen LogP contribution >= 0.6 is 11.6 Å². The predicted octanol–water partition coefficient (Wildman–Crippen LogP) is 5.39. The molecule has 2 aromatic carbocycles. The van der Waals surface area contributed by atoms with Gasteiger partial charge in [0.25, 0.3) is 5.91 Å². The van der Waals surface area contributed by atoms with Crippen LogP contribution in [0.25, 0.3) is 11.4 Å². The molecule has 1 atom stereocenters. The smallest absolute Gasteiger partial charge is 0.337 e. The summed E-state index contributed by atoms with van der Waals surface area (Å²) in [6, 6.07) is 10.7. The highest BCUT2D eigenvalue weighted by Crippen LogP contribution is 2.34. The van der Waals surface area contributed by atoms with E-state index in [1.54, 1.807) is 29.2 Å². The topological polar surface area (TPSA) is 59.2 Å². The summed E-state index contributed by atoms with van der Waals surface area (Å²) in [5, 5.41) is 4.56. The third-order valence-electron chi connectivity index (χ3n) is 4.80. The molecular formula is C20H15ClF3N3O2. The minimum atomic E-state index is -4.44. The van der Waals surface area contributed by atoms with Gasteiger partial charge in [-0.25, -0.2) is 0 Å². The first-order chi connectivity index (χ1) is 13.8. The summed E-state index contributed by atoms with van der Waals surface area (Å²) in [6.45, 7) is 0.461. The Hall–Kier alpha value is -2.87. The number of hydrogen-bond acceptors (Lipinski definition) is 4. The third-order valence-corrected chi connectivity index (χ3v) is 5.05. The van der Waals surface area contributed by atoms with Crippen LogP contribution in [0.15, 0.2) is 53.1 Å². The number of rotatable bonds is 3. The molecule has 3 aromatic rings. The first kappa shape index (κ1) is 19.4. The van der Waals surface area contributed by atoms with Crippen molar-refractivity contribution in [2.45, 2.75) is 25.1 Å². The van der Waals surface area contributed by atoms with Crippen LogP contribution in [0.2, 0.25) is 5.02 Å². The Kier molecular flexibility index (Phi) is 5.04. The maximum absolute atomic E-state index is 12.8. The van der Waals surface area contributed by atoms with Crippen molar-refractivity contribution >= 4 is 17.5 Å². The van der Waals surface area contributed by atoms with Gasteiger partial charge in [0.15, 0.2) is 0 Å². The Bertz CT molecular complexity index is 1020. The molecule has 0 saturated carbocycles. The summed E-state index contributed by atoms with van der Waals surface area (Å²) >= 11 is 5.88. The number of likely N-dealkylation sites (tertiary alicyclic amines) is 1. The largest absolute Gasteiger partial charge is 0.416 e. The molecule has 0 aliphatic carbocycles. The Morgan fingerprint density at radius 1 is 1.10 bits per heavy atom. The van der Waals surface area contributed by atoms with Gasteiger partial charge in [-0.15, -0.1) is 0 Å². The Labute approximate surface area is 169 Å². The second-order valence-corrected chi connectivity index (χ2v) is 7.13. The number of hydrogen-bond donors (Lipinski definition) is 0. The van der Waals surface area contributed by atoms with Crippen LogP contribution in [0.3, 0.4) is 0 Å². The van der Waals surface area contributed by atoms with Gasteiger partial charge in [0.05, 0.1) is 5.56 Å². The maximum atomic E-state index is 12.8. The lowest BCUT2D eigenvalue weighted by Crippen LogP contribution is -2.30. The number of carbonyl (C=O) groups is 1. The van der Waals surface area contributed by atoms with Gasteiger partial charge in [-0.3, -0.25) is 4.79 Å². The molecule has 0 bridgehead atoms. The van der Waals surface area contributed by atoms with Crippen molar-refractivity contribution in [2.24, 2.45) is 0 Å². The van der Waals surface area contributed by atoms with E-state index in [-0.39, 0.29) is 11.5 Å². The Morgan fingerprint density at radius 2 is 1.79 bits per heavy atom. The van der Waals surface area contributed by atoms with E-state index in [2.05, 4.69) is 10.1 Å². The van der Waals surface area contributed by atoms with Gasteiger partial charge < -0.3 is 9.42 Å². The molecule has 9 heteroatoms. The molecule has 1 aliphatic heterocycles. The number of alkyl halides is 3. The van der Waals surface area contributed by atoms with Crippen molar-refractivity contribution in [3.63, 3.8) is 0 Å². The highest BCUT2D eigenvalue weighted by atomic mass is 35.5. The molecule has 0 radical (unpaired) electrons. The molecule has 1 fully saturated rings. The highest BCUT2D eigenvalue weighted by Gasteiger charge is 2.35. The lowest BCUT2D eigenvalue weighted by Gasteiger charge is -2.22. The van der Waals surface area contributed by atoms with Crippen molar-refractivity contribution < 1.29 is 22.5 Å². The van der Waals surface area contributed by atoms with Gasteiger partial charge in [-0.05, 0) is 61.4 Å². The van der Waals surface area contributed by atoms with Gasteiger partial charge in [0.1, 0.15) is 6.04 Å². The van der Waals surface area contributed by atoms with E-state index in [9.17, 15) is 18.0 Å². The average Bonchev–Trinajstić information content (AvgIpc) is 3.37. The highest BCUT2D eigenvalue weighted by molar-refractivity contribution is 6.30. The zero-order chi connectivity index (χ0) is 20.6. The van der Waals surface area contributed by atoms with Crippen molar-refractivity contribution in [1.82, 2.24) is 15.0 Å². The number of benzene rings is 2. The summed E-state index contributed by atoms with van der Waals surface area (Å²) in [7, 11) is 0. The van der Waals surface area contributed by atoms with Crippen molar-refractivity contribution in [3.05, 3.63) is 70.6 Å². The molecule has 1 saturated heterocycles. The monoisotopic (exact) mass is 421 g/mol. The zero-order valence-corrected chi connectivity index (χ0v) is 15.7. The van der Waals surface area contributed by atoms with Gasteiger partial charge in [-0.2, -0.15) is 18.2 Å². The summed E-state index contributed by atoms with van der Waals surface area (Å²) < 4.78 is 43.6. The van der Waals surface area contributed by atoms with Gasteiger partial charge in [-0.1, -0.05) is 16.8 Å². The average molecular weight is 422 g/mol. The fourth-order valence-electron chi connectivity index (χ4n) is 3.32. The maximum Gasteiger partial charge on any atom is 0.416 e. The summed E-state index contributed by atoms with van der Waals surface area (Å²) in [5.41, 5.74) is 0.113. The van der Waals surface area contributed by atoms with Crippen LogP contribution in [0.1, 0.15) is 40.7 Å². The molecule has 2 heterocycles. The predicted molar refractivity (Wildman–Crippen MR) is 99.2 cm³/mol. The normalized spacial score (nSPS) is 17.0. The summed E-state index contributed by atoms with van der Waals surface area (Å²) in [4.78, 5) is 18.8. The molecule has 0 N–H and O–H groups in total. The molecule has 0 spiro atoms. The van der Waals surface area contributed by atoms with E-state index in [4.69, 9.17) is 16.1 Å². The molecule has 1 amide bonds. The molecule has 1 aromatic heterocycles. The first-order valence-electron chi connectivity index (χ1n) is 8.91. The molecule has 5 nitrogen and oxygen atoms in total. The Balaban J connectivity index is 1.55. The number of nitrogens with zero attached hydrogens (tertiary/aromatic N) is 3. The number of carbonyl (C=O) groups excluding carboxylic acids is 1. The minimum absolute atomic E-state index is 0.183.